The lowest BCUT2D eigenvalue weighted by Gasteiger charge is -2.38. The van der Waals surface area contributed by atoms with Crippen molar-refractivity contribution < 1.29 is 9.53 Å². The number of hydrogen-bond acceptors (Lipinski definition) is 7. The SMILES string of the molecule is CCn1nnc2c(N3CC(C(=O)NCc4ccccc4OC)C3)ncnc21. The third-order valence-corrected chi connectivity index (χ3v) is 4.78. The van der Waals surface area contributed by atoms with E-state index in [2.05, 4.69) is 25.6 Å². The molecule has 3 heterocycles. The summed E-state index contributed by atoms with van der Waals surface area (Å²) in [5.74, 6) is 1.45. The monoisotopic (exact) mass is 367 g/mol. The van der Waals surface area contributed by atoms with E-state index in [1.807, 2.05) is 36.1 Å². The molecule has 0 bridgehead atoms. The van der Waals surface area contributed by atoms with Gasteiger partial charge in [0.25, 0.3) is 0 Å². The molecule has 1 saturated heterocycles. The number of aromatic nitrogens is 5. The summed E-state index contributed by atoms with van der Waals surface area (Å²) in [6.45, 7) is 4.33. The highest BCUT2D eigenvalue weighted by atomic mass is 16.5. The van der Waals surface area contributed by atoms with Gasteiger partial charge < -0.3 is 15.0 Å². The number of fused-ring (bicyclic) bond motifs is 1. The van der Waals surface area contributed by atoms with Crippen LogP contribution in [0.2, 0.25) is 0 Å². The Bertz CT molecular complexity index is 965. The molecule has 1 amide bonds. The highest BCUT2D eigenvalue weighted by Gasteiger charge is 2.35. The molecular formula is C18H21N7O2. The third-order valence-electron chi connectivity index (χ3n) is 4.78. The van der Waals surface area contributed by atoms with E-state index < -0.39 is 0 Å². The Balaban J connectivity index is 1.38. The van der Waals surface area contributed by atoms with Crippen LogP contribution in [0.15, 0.2) is 30.6 Å². The second-order valence-electron chi connectivity index (χ2n) is 6.41. The van der Waals surface area contributed by atoms with Gasteiger partial charge in [-0.3, -0.25) is 4.79 Å². The van der Waals surface area contributed by atoms with Crippen LogP contribution >= 0.6 is 0 Å². The average molecular weight is 367 g/mol. The van der Waals surface area contributed by atoms with Crippen molar-refractivity contribution in [2.24, 2.45) is 5.92 Å². The first kappa shape index (κ1) is 17.2. The average Bonchev–Trinajstić information content (AvgIpc) is 3.09. The smallest absolute Gasteiger partial charge is 0.226 e. The number of rotatable bonds is 6. The Morgan fingerprint density at radius 2 is 2.11 bits per heavy atom. The molecule has 1 aliphatic rings. The fourth-order valence-corrected chi connectivity index (χ4v) is 3.22. The highest BCUT2D eigenvalue weighted by molar-refractivity contribution is 5.86. The van der Waals surface area contributed by atoms with E-state index in [1.54, 1.807) is 11.8 Å². The zero-order valence-corrected chi connectivity index (χ0v) is 15.3. The second-order valence-corrected chi connectivity index (χ2v) is 6.41. The number of methoxy groups -OCH3 is 1. The second kappa shape index (κ2) is 7.18. The molecule has 1 aliphatic heterocycles. The fraction of sp³-hybridized carbons (Fsp3) is 0.389. The molecule has 9 nitrogen and oxygen atoms in total. The Labute approximate surface area is 156 Å². The summed E-state index contributed by atoms with van der Waals surface area (Å²) in [6.07, 6.45) is 1.52. The lowest BCUT2D eigenvalue weighted by atomic mass is 9.99. The number of anilines is 1. The predicted octanol–water partition coefficient (Wildman–Crippen LogP) is 1.00. The Morgan fingerprint density at radius 1 is 1.30 bits per heavy atom. The first-order chi connectivity index (χ1) is 13.2. The minimum atomic E-state index is -0.0778. The zero-order valence-electron chi connectivity index (χ0n) is 15.3. The van der Waals surface area contributed by atoms with Crippen molar-refractivity contribution in [3.05, 3.63) is 36.2 Å². The number of ether oxygens (including phenoxy) is 1. The summed E-state index contributed by atoms with van der Waals surface area (Å²) in [5, 5.41) is 11.3. The highest BCUT2D eigenvalue weighted by Crippen LogP contribution is 2.27. The summed E-state index contributed by atoms with van der Waals surface area (Å²) in [6, 6.07) is 7.67. The van der Waals surface area contributed by atoms with Crippen LogP contribution in [0.1, 0.15) is 12.5 Å². The molecule has 140 valence electrons. The van der Waals surface area contributed by atoms with E-state index in [4.69, 9.17) is 4.74 Å². The van der Waals surface area contributed by atoms with E-state index in [0.717, 1.165) is 17.1 Å². The molecule has 0 atom stereocenters. The number of benzene rings is 1. The third kappa shape index (κ3) is 3.16. The van der Waals surface area contributed by atoms with Crippen LogP contribution in [0.5, 0.6) is 5.75 Å². The Hall–Kier alpha value is -3.23. The molecule has 4 rings (SSSR count). The van der Waals surface area contributed by atoms with Crippen LogP contribution in [0.4, 0.5) is 5.82 Å². The number of hydrogen-bond donors (Lipinski definition) is 1. The van der Waals surface area contributed by atoms with E-state index >= 15 is 0 Å². The molecule has 1 fully saturated rings. The van der Waals surface area contributed by atoms with Gasteiger partial charge in [-0.2, -0.15) is 0 Å². The van der Waals surface area contributed by atoms with Gasteiger partial charge in [0.05, 0.1) is 13.0 Å². The number of nitrogens with one attached hydrogen (secondary N) is 1. The summed E-state index contributed by atoms with van der Waals surface area (Å²) in [4.78, 5) is 23.1. The van der Waals surface area contributed by atoms with Gasteiger partial charge in [0.2, 0.25) is 5.91 Å². The van der Waals surface area contributed by atoms with Gasteiger partial charge in [0.15, 0.2) is 17.0 Å². The molecule has 2 aromatic heterocycles. The van der Waals surface area contributed by atoms with E-state index in [-0.39, 0.29) is 11.8 Å². The molecule has 9 heteroatoms. The first-order valence-electron chi connectivity index (χ1n) is 8.90. The largest absolute Gasteiger partial charge is 0.496 e. The molecule has 1 aromatic carbocycles. The first-order valence-corrected chi connectivity index (χ1v) is 8.90. The summed E-state index contributed by atoms with van der Waals surface area (Å²) < 4.78 is 7.05. The van der Waals surface area contributed by atoms with Crippen molar-refractivity contribution in [2.75, 3.05) is 25.1 Å². The molecular weight excluding hydrogens is 346 g/mol. The van der Waals surface area contributed by atoms with Gasteiger partial charge in [0, 0.05) is 31.7 Å². The fourth-order valence-electron chi connectivity index (χ4n) is 3.22. The standard InChI is InChI=1S/C18H21N7O2/c1-3-25-17-15(22-23-25)16(20-11-21-17)24-9-13(10-24)18(26)19-8-12-6-4-5-7-14(12)27-2/h4-7,11,13H,3,8-10H2,1-2H3,(H,19,26). The molecule has 1 N–H and O–H groups in total. The number of carbonyl (C=O) groups excluding carboxylic acids is 1. The molecule has 0 spiro atoms. The normalized spacial score (nSPS) is 14.2. The van der Waals surface area contributed by atoms with Gasteiger partial charge in [-0.25, -0.2) is 14.6 Å². The van der Waals surface area contributed by atoms with Crippen LogP contribution < -0.4 is 15.0 Å². The maximum absolute atomic E-state index is 12.4. The molecule has 0 radical (unpaired) electrons. The number of nitrogens with zero attached hydrogens (tertiary/aromatic N) is 6. The molecule has 27 heavy (non-hydrogen) atoms. The van der Waals surface area contributed by atoms with Gasteiger partial charge in [-0.15, -0.1) is 5.10 Å². The van der Waals surface area contributed by atoms with Gasteiger partial charge >= 0.3 is 0 Å². The Morgan fingerprint density at radius 3 is 2.89 bits per heavy atom. The van der Waals surface area contributed by atoms with Crippen LogP contribution in [-0.2, 0) is 17.9 Å². The van der Waals surface area contributed by atoms with Crippen molar-refractivity contribution in [1.29, 1.82) is 0 Å². The molecule has 0 saturated carbocycles. The van der Waals surface area contributed by atoms with Crippen LogP contribution in [0, 0.1) is 5.92 Å². The quantitative estimate of drug-likeness (QED) is 0.694. The number of para-hydroxylation sites is 1. The summed E-state index contributed by atoms with van der Waals surface area (Å²) >= 11 is 0. The summed E-state index contributed by atoms with van der Waals surface area (Å²) in [7, 11) is 1.63. The lowest BCUT2D eigenvalue weighted by molar-refractivity contribution is -0.125. The lowest BCUT2D eigenvalue weighted by Crippen LogP contribution is -2.54. The van der Waals surface area contributed by atoms with E-state index in [9.17, 15) is 4.79 Å². The van der Waals surface area contributed by atoms with Crippen molar-refractivity contribution >= 4 is 22.9 Å². The molecule has 0 aliphatic carbocycles. The number of aryl methyl sites for hydroxylation is 1. The van der Waals surface area contributed by atoms with Crippen molar-refractivity contribution in [3.63, 3.8) is 0 Å². The Kier molecular flexibility index (Phi) is 4.57. The minimum Gasteiger partial charge on any atom is -0.496 e. The van der Waals surface area contributed by atoms with E-state index in [1.165, 1.54) is 6.33 Å². The molecule has 3 aromatic rings. The number of amides is 1. The van der Waals surface area contributed by atoms with Crippen molar-refractivity contribution in [1.82, 2.24) is 30.3 Å². The van der Waals surface area contributed by atoms with Crippen molar-refractivity contribution in [2.45, 2.75) is 20.0 Å². The minimum absolute atomic E-state index is 0.0275. The summed E-state index contributed by atoms with van der Waals surface area (Å²) in [5.41, 5.74) is 2.34. The van der Waals surface area contributed by atoms with E-state index in [0.29, 0.717) is 37.3 Å². The van der Waals surface area contributed by atoms with Gasteiger partial charge in [-0.05, 0) is 13.0 Å². The van der Waals surface area contributed by atoms with Crippen molar-refractivity contribution in [3.8, 4) is 5.75 Å². The van der Waals surface area contributed by atoms with Gasteiger partial charge in [-0.1, -0.05) is 23.4 Å². The predicted molar refractivity (Wildman–Crippen MR) is 99.3 cm³/mol. The molecule has 0 unspecified atom stereocenters. The maximum Gasteiger partial charge on any atom is 0.226 e. The van der Waals surface area contributed by atoms with Crippen LogP contribution in [-0.4, -0.2) is 51.1 Å². The van der Waals surface area contributed by atoms with Crippen LogP contribution in [0.3, 0.4) is 0 Å². The van der Waals surface area contributed by atoms with Gasteiger partial charge in [0.1, 0.15) is 12.1 Å². The topological polar surface area (TPSA) is 98.1 Å². The zero-order chi connectivity index (χ0) is 18.8. The number of carbonyl (C=O) groups is 1. The van der Waals surface area contributed by atoms with Crippen LogP contribution in [0.25, 0.3) is 11.2 Å². The maximum atomic E-state index is 12.4.